The summed E-state index contributed by atoms with van der Waals surface area (Å²) < 4.78 is 0. The molecule has 0 radical (unpaired) electrons. The fourth-order valence-corrected chi connectivity index (χ4v) is 0.892. The number of allylic oxidation sites excluding steroid dienone is 1. The third kappa shape index (κ3) is 2.53. The Labute approximate surface area is 76.2 Å². The first kappa shape index (κ1) is 9.14. The first-order valence-electron chi connectivity index (χ1n) is 3.79. The molecule has 0 aliphatic carbocycles. The smallest absolute Gasteiger partial charge is 0.157 e. The highest BCUT2D eigenvalue weighted by molar-refractivity contribution is 5.55. The van der Waals surface area contributed by atoms with Gasteiger partial charge in [-0.3, -0.25) is 0 Å². The van der Waals surface area contributed by atoms with E-state index in [0.29, 0.717) is 6.42 Å². The van der Waals surface area contributed by atoms with Crippen molar-refractivity contribution in [3.63, 3.8) is 0 Å². The maximum absolute atomic E-state index is 9.11. The van der Waals surface area contributed by atoms with Gasteiger partial charge in [-0.2, -0.15) is 5.26 Å². The van der Waals surface area contributed by atoms with Gasteiger partial charge in [0.2, 0.25) is 0 Å². The van der Waals surface area contributed by atoms with Crippen molar-refractivity contribution < 1.29 is 10.2 Å². The van der Waals surface area contributed by atoms with Crippen molar-refractivity contribution in [3.05, 3.63) is 29.8 Å². The second-order valence-electron chi connectivity index (χ2n) is 2.51. The van der Waals surface area contributed by atoms with Crippen molar-refractivity contribution in [2.45, 2.75) is 6.42 Å². The Kier molecular flexibility index (Phi) is 2.93. The lowest BCUT2D eigenvalue weighted by Crippen LogP contribution is -1.72. The zero-order chi connectivity index (χ0) is 9.68. The molecule has 3 nitrogen and oxygen atoms in total. The Balaban J connectivity index is 2.81. The quantitative estimate of drug-likeness (QED) is 0.676. The molecular weight excluding hydrogens is 166 g/mol. The van der Waals surface area contributed by atoms with Crippen molar-refractivity contribution in [3.8, 4) is 17.6 Å². The van der Waals surface area contributed by atoms with E-state index in [9.17, 15) is 0 Å². The summed E-state index contributed by atoms with van der Waals surface area (Å²) in [5, 5.41) is 26.3. The molecule has 1 aromatic carbocycles. The molecule has 0 aliphatic rings. The molecular formula is C10H9NO2. The number of phenols is 2. The van der Waals surface area contributed by atoms with Crippen molar-refractivity contribution >= 4 is 6.08 Å². The molecule has 66 valence electrons. The minimum Gasteiger partial charge on any atom is -0.504 e. The number of benzene rings is 1. The van der Waals surface area contributed by atoms with E-state index in [2.05, 4.69) is 0 Å². The highest BCUT2D eigenvalue weighted by atomic mass is 16.3. The van der Waals surface area contributed by atoms with Gasteiger partial charge >= 0.3 is 0 Å². The molecule has 0 spiro atoms. The summed E-state index contributed by atoms with van der Waals surface area (Å²) in [6.45, 7) is 0. The summed E-state index contributed by atoms with van der Waals surface area (Å²) in [6, 6.07) is 6.46. The average Bonchev–Trinajstić information content (AvgIpc) is 2.12. The number of nitrogens with zero attached hydrogens (tertiary/aromatic N) is 1. The minimum absolute atomic E-state index is 0.141. The normalized spacial score (nSPS) is 10.1. The van der Waals surface area contributed by atoms with Crippen LogP contribution < -0.4 is 0 Å². The second-order valence-corrected chi connectivity index (χ2v) is 2.51. The van der Waals surface area contributed by atoms with Gasteiger partial charge in [0.1, 0.15) is 0 Å². The average molecular weight is 175 g/mol. The van der Waals surface area contributed by atoms with Crippen LogP contribution in [0, 0.1) is 11.3 Å². The highest BCUT2D eigenvalue weighted by Gasteiger charge is 1.96. The Morgan fingerprint density at radius 3 is 2.69 bits per heavy atom. The number of nitriles is 1. The molecule has 0 unspecified atom stereocenters. The van der Waals surface area contributed by atoms with Crippen LogP contribution in [0.15, 0.2) is 24.3 Å². The molecule has 0 aliphatic heterocycles. The molecule has 3 heteroatoms. The van der Waals surface area contributed by atoms with E-state index < -0.39 is 0 Å². The molecule has 2 N–H and O–H groups in total. The summed E-state index contributed by atoms with van der Waals surface area (Å²) in [5.41, 5.74) is 0.755. The van der Waals surface area contributed by atoms with E-state index in [1.807, 2.05) is 6.07 Å². The highest BCUT2D eigenvalue weighted by Crippen LogP contribution is 2.25. The van der Waals surface area contributed by atoms with E-state index in [4.69, 9.17) is 15.5 Å². The van der Waals surface area contributed by atoms with E-state index in [1.54, 1.807) is 18.2 Å². The molecule has 13 heavy (non-hydrogen) atoms. The van der Waals surface area contributed by atoms with Crippen LogP contribution in [0.2, 0.25) is 0 Å². The van der Waals surface area contributed by atoms with Crippen molar-refractivity contribution in [1.82, 2.24) is 0 Å². The lowest BCUT2D eigenvalue weighted by molar-refractivity contribution is 0.403. The lowest BCUT2D eigenvalue weighted by Gasteiger charge is -1.97. The van der Waals surface area contributed by atoms with Gasteiger partial charge in [-0.05, 0) is 17.7 Å². The maximum Gasteiger partial charge on any atom is 0.157 e. The molecule has 0 saturated heterocycles. The van der Waals surface area contributed by atoms with Gasteiger partial charge in [0.25, 0.3) is 0 Å². The Hall–Kier alpha value is -1.95. The number of hydrogen-bond donors (Lipinski definition) is 2. The summed E-state index contributed by atoms with van der Waals surface area (Å²) in [6.07, 6.45) is 3.73. The third-order valence-electron chi connectivity index (χ3n) is 1.52. The number of phenolic OH excluding ortho intramolecular Hbond substituents is 2. The third-order valence-corrected chi connectivity index (χ3v) is 1.52. The van der Waals surface area contributed by atoms with Gasteiger partial charge in [0, 0.05) is 0 Å². The largest absolute Gasteiger partial charge is 0.504 e. The van der Waals surface area contributed by atoms with Crippen molar-refractivity contribution in [2.24, 2.45) is 0 Å². The topological polar surface area (TPSA) is 64.2 Å². The zero-order valence-electron chi connectivity index (χ0n) is 6.94. The monoisotopic (exact) mass is 175 g/mol. The second kappa shape index (κ2) is 4.17. The summed E-state index contributed by atoms with van der Waals surface area (Å²) in [7, 11) is 0. The molecule has 0 heterocycles. The van der Waals surface area contributed by atoms with Gasteiger partial charge in [0.05, 0.1) is 12.5 Å². The number of aromatic hydroxyl groups is 2. The molecule has 1 rings (SSSR count). The molecule has 0 atom stereocenters. The van der Waals surface area contributed by atoms with Crippen molar-refractivity contribution in [2.75, 3.05) is 0 Å². The van der Waals surface area contributed by atoms with Crippen LogP contribution >= 0.6 is 0 Å². The zero-order valence-corrected chi connectivity index (χ0v) is 6.94. The molecule has 0 bridgehead atoms. The van der Waals surface area contributed by atoms with E-state index >= 15 is 0 Å². The minimum atomic E-state index is -0.154. The van der Waals surface area contributed by atoms with Gasteiger partial charge in [-0.15, -0.1) is 0 Å². The molecule has 1 aromatic rings. The van der Waals surface area contributed by atoms with E-state index in [0.717, 1.165) is 5.56 Å². The Morgan fingerprint density at radius 2 is 2.08 bits per heavy atom. The van der Waals surface area contributed by atoms with E-state index in [1.165, 1.54) is 12.1 Å². The number of hydrogen-bond acceptors (Lipinski definition) is 3. The van der Waals surface area contributed by atoms with Crippen LogP contribution in [-0.2, 0) is 0 Å². The van der Waals surface area contributed by atoms with Gasteiger partial charge in [0.15, 0.2) is 11.5 Å². The fraction of sp³-hybridized carbons (Fsp3) is 0.100. The predicted octanol–water partition coefficient (Wildman–Crippen LogP) is 2.02. The number of rotatable bonds is 2. The van der Waals surface area contributed by atoms with Gasteiger partial charge in [-0.25, -0.2) is 0 Å². The van der Waals surface area contributed by atoms with Crippen LogP contribution in [0.5, 0.6) is 11.5 Å². The van der Waals surface area contributed by atoms with Crippen molar-refractivity contribution in [1.29, 1.82) is 5.26 Å². The van der Waals surface area contributed by atoms with Crippen LogP contribution in [0.4, 0.5) is 0 Å². The van der Waals surface area contributed by atoms with Gasteiger partial charge in [-0.1, -0.05) is 18.2 Å². The summed E-state index contributed by atoms with van der Waals surface area (Å²) in [5.74, 6) is -0.295. The summed E-state index contributed by atoms with van der Waals surface area (Å²) >= 11 is 0. The van der Waals surface area contributed by atoms with Crippen LogP contribution in [0.25, 0.3) is 6.08 Å². The lowest BCUT2D eigenvalue weighted by atomic mass is 10.2. The Bertz CT molecular complexity index is 364. The van der Waals surface area contributed by atoms with Gasteiger partial charge < -0.3 is 10.2 Å². The van der Waals surface area contributed by atoms with Crippen LogP contribution in [-0.4, -0.2) is 10.2 Å². The van der Waals surface area contributed by atoms with E-state index in [-0.39, 0.29) is 11.5 Å². The maximum atomic E-state index is 9.11. The summed E-state index contributed by atoms with van der Waals surface area (Å²) in [4.78, 5) is 0. The standard InChI is InChI=1S/C10H9NO2/c11-6-2-1-3-8-4-5-9(12)10(13)7-8/h1,3-5,7,12-13H,2H2. The molecule has 0 fully saturated rings. The van der Waals surface area contributed by atoms with Crippen LogP contribution in [0.3, 0.4) is 0 Å². The SMILES string of the molecule is N#CCC=Cc1ccc(O)c(O)c1. The molecule has 0 saturated carbocycles. The van der Waals surface area contributed by atoms with Crippen LogP contribution in [0.1, 0.15) is 12.0 Å². The first-order valence-corrected chi connectivity index (χ1v) is 3.79. The Morgan fingerprint density at radius 1 is 1.31 bits per heavy atom. The fourth-order valence-electron chi connectivity index (χ4n) is 0.892. The first-order chi connectivity index (χ1) is 6.24. The molecule has 0 aromatic heterocycles. The molecule has 0 amide bonds. The predicted molar refractivity (Wildman–Crippen MR) is 49.0 cm³/mol.